The van der Waals surface area contributed by atoms with Crippen molar-refractivity contribution in [2.24, 2.45) is 17.6 Å². The number of alkyl carbamates (subject to hydrolysis) is 1. The molecule has 0 saturated heterocycles. The van der Waals surface area contributed by atoms with E-state index in [-0.39, 0.29) is 31.5 Å². The van der Waals surface area contributed by atoms with Crippen molar-refractivity contribution < 1.29 is 24.5 Å². The zero-order valence-electron chi connectivity index (χ0n) is 24.0. The quantitative estimate of drug-likeness (QED) is 0.110. The van der Waals surface area contributed by atoms with Crippen LogP contribution in [-0.4, -0.2) is 48.1 Å². The van der Waals surface area contributed by atoms with Crippen LogP contribution in [0, 0.1) is 23.2 Å². The summed E-state index contributed by atoms with van der Waals surface area (Å²) in [6.07, 6.45) is 21.1. The zero-order valence-corrected chi connectivity index (χ0v) is 24.0. The number of hydrogen-bond acceptors (Lipinski definition) is 6. The number of carbonyl (C=O) groups excluding carboxylic acids is 1. The Morgan fingerprint density at radius 3 is 1.62 bits per heavy atom. The van der Waals surface area contributed by atoms with E-state index in [0.717, 1.165) is 12.8 Å². The van der Waals surface area contributed by atoms with Gasteiger partial charge in [-0.25, -0.2) is 4.79 Å². The summed E-state index contributed by atoms with van der Waals surface area (Å²) < 4.78 is 5.02. The average Bonchev–Trinajstić information content (AvgIpc) is 2.88. The van der Waals surface area contributed by atoms with Gasteiger partial charge in [-0.1, -0.05) is 117 Å². The third kappa shape index (κ3) is 28.6. The van der Waals surface area contributed by atoms with Crippen LogP contribution in [0.15, 0.2) is 0 Å². The Morgan fingerprint density at radius 2 is 1.30 bits per heavy atom. The maximum atomic E-state index is 11.5. The number of unbranched alkanes of at least 4 members (excludes halogenated alkanes) is 15. The van der Waals surface area contributed by atoms with Crippen molar-refractivity contribution in [3.63, 3.8) is 0 Å². The maximum absolute atomic E-state index is 11.5. The summed E-state index contributed by atoms with van der Waals surface area (Å²) in [7, 11) is 0. The van der Waals surface area contributed by atoms with E-state index in [4.69, 9.17) is 25.9 Å². The van der Waals surface area contributed by atoms with Crippen LogP contribution in [0.5, 0.6) is 0 Å². The molecule has 8 heteroatoms. The first kappa shape index (κ1) is 37.3. The van der Waals surface area contributed by atoms with Gasteiger partial charge in [0.25, 0.3) is 0 Å². The molecule has 0 aliphatic rings. The number of carbonyl (C=O) groups is 2. The van der Waals surface area contributed by atoms with E-state index in [0.29, 0.717) is 6.54 Å². The van der Waals surface area contributed by atoms with E-state index in [1.165, 1.54) is 89.9 Å². The van der Waals surface area contributed by atoms with Gasteiger partial charge in [-0.05, 0) is 12.3 Å². The average molecular weight is 528 g/mol. The van der Waals surface area contributed by atoms with Gasteiger partial charge in [0.15, 0.2) is 0 Å². The fraction of sp³-hybridized carbons (Fsp3) is 0.897. The number of aliphatic carboxylic acids is 1. The number of hydrogen-bond donors (Lipinski definition) is 4. The Kier molecular flexibility index (Phi) is 29.0. The van der Waals surface area contributed by atoms with Crippen LogP contribution >= 0.6 is 0 Å². The third-order valence-electron chi connectivity index (χ3n) is 6.39. The normalized spacial score (nSPS) is 12.2. The number of nitrogens with two attached hydrogens (primary N) is 1. The fourth-order valence-electron chi connectivity index (χ4n) is 3.70. The molecule has 1 unspecified atom stereocenters. The number of nitriles is 1. The molecule has 1 amide bonds. The van der Waals surface area contributed by atoms with Crippen LogP contribution in [0.1, 0.15) is 130 Å². The molecule has 0 spiro atoms. The SMILES string of the molecule is CC(C)[C@H](N)C(=O)O.CCCCCCCCCCCCCCCCCCNC(=O)OCC(CO)CC#N. The molecule has 0 aromatic heterocycles. The maximum Gasteiger partial charge on any atom is 0.407 e. The highest BCUT2D eigenvalue weighted by atomic mass is 16.5. The highest BCUT2D eigenvalue weighted by Crippen LogP contribution is 2.13. The lowest BCUT2D eigenvalue weighted by Crippen LogP contribution is -2.34. The predicted molar refractivity (Wildman–Crippen MR) is 150 cm³/mol. The predicted octanol–water partition coefficient (Wildman–Crippen LogP) is 6.55. The minimum absolute atomic E-state index is 0.0208. The Balaban J connectivity index is 0. The van der Waals surface area contributed by atoms with Crippen molar-refractivity contribution in [3.8, 4) is 6.07 Å². The Labute approximate surface area is 226 Å². The molecular weight excluding hydrogens is 470 g/mol. The second kappa shape index (κ2) is 28.7. The van der Waals surface area contributed by atoms with Gasteiger partial charge in [-0.15, -0.1) is 0 Å². The van der Waals surface area contributed by atoms with Crippen LogP contribution in [0.4, 0.5) is 4.79 Å². The van der Waals surface area contributed by atoms with E-state index in [2.05, 4.69) is 12.2 Å². The highest BCUT2D eigenvalue weighted by molar-refractivity contribution is 5.73. The van der Waals surface area contributed by atoms with Gasteiger partial charge in [-0.3, -0.25) is 4.79 Å². The molecule has 0 aromatic rings. The van der Waals surface area contributed by atoms with E-state index >= 15 is 0 Å². The number of amides is 1. The number of rotatable bonds is 23. The van der Waals surface area contributed by atoms with Gasteiger partial charge in [0.1, 0.15) is 6.04 Å². The lowest BCUT2D eigenvalue weighted by atomic mass is 10.0. The Bertz CT molecular complexity index is 566. The lowest BCUT2D eigenvalue weighted by molar-refractivity contribution is -0.139. The largest absolute Gasteiger partial charge is 0.480 e. The van der Waals surface area contributed by atoms with Crippen molar-refractivity contribution in [1.82, 2.24) is 5.32 Å². The molecule has 8 nitrogen and oxygen atoms in total. The minimum Gasteiger partial charge on any atom is -0.480 e. The second-order valence-electron chi connectivity index (χ2n) is 10.3. The molecule has 0 radical (unpaired) electrons. The topological polar surface area (TPSA) is 146 Å². The molecule has 0 heterocycles. The number of aliphatic hydroxyl groups is 1. The molecule has 218 valence electrons. The summed E-state index contributed by atoms with van der Waals surface area (Å²) in [4.78, 5) is 21.5. The number of aliphatic hydroxyl groups excluding tert-OH is 1. The fourth-order valence-corrected chi connectivity index (χ4v) is 3.70. The smallest absolute Gasteiger partial charge is 0.407 e. The summed E-state index contributed by atoms with van der Waals surface area (Å²) in [6.45, 7) is 6.40. The van der Waals surface area contributed by atoms with Gasteiger partial charge >= 0.3 is 12.1 Å². The van der Waals surface area contributed by atoms with E-state index in [1.807, 2.05) is 6.07 Å². The number of nitrogens with zero attached hydrogens (tertiary/aromatic N) is 1. The molecule has 0 rings (SSSR count). The molecule has 0 saturated carbocycles. The van der Waals surface area contributed by atoms with Gasteiger partial charge in [0, 0.05) is 18.9 Å². The molecule has 0 fully saturated rings. The van der Waals surface area contributed by atoms with E-state index in [9.17, 15) is 9.59 Å². The number of carboxylic acids is 1. The summed E-state index contributed by atoms with van der Waals surface area (Å²) in [6, 6.07) is 1.26. The zero-order chi connectivity index (χ0) is 28.2. The summed E-state index contributed by atoms with van der Waals surface area (Å²) >= 11 is 0. The summed E-state index contributed by atoms with van der Waals surface area (Å²) in [5, 5.41) is 28.6. The van der Waals surface area contributed by atoms with Crippen molar-refractivity contribution in [3.05, 3.63) is 0 Å². The first-order valence-corrected chi connectivity index (χ1v) is 14.7. The molecule has 0 aromatic carbocycles. The van der Waals surface area contributed by atoms with Gasteiger partial charge in [-0.2, -0.15) is 5.26 Å². The Hall–Kier alpha value is -1.85. The minimum atomic E-state index is -0.931. The van der Waals surface area contributed by atoms with Crippen molar-refractivity contribution >= 4 is 12.1 Å². The molecule has 5 N–H and O–H groups in total. The number of nitrogens with one attached hydrogen (secondary N) is 1. The number of carboxylic acid groups (broad SMARTS) is 1. The van der Waals surface area contributed by atoms with Crippen molar-refractivity contribution in [2.75, 3.05) is 19.8 Å². The van der Waals surface area contributed by atoms with Crippen LogP contribution in [0.2, 0.25) is 0 Å². The van der Waals surface area contributed by atoms with Gasteiger partial charge < -0.3 is 26.0 Å². The molecule has 0 aliphatic heterocycles. The standard InChI is InChI=1S/C24H46N2O3.C5H11NO2/c1-2-3-4-5-6-7-8-9-10-11-12-13-14-15-16-17-20-26-24(28)29-22-23(21-27)18-19-25;1-3(2)4(6)5(7)8/h23,27H,2-18,20-22H2,1H3,(H,26,28);3-4H,6H2,1-2H3,(H,7,8)/t;4-/m.0/s1. The molecule has 2 atom stereocenters. The highest BCUT2D eigenvalue weighted by Gasteiger charge is 2.14. The Morgan fingerprint density at radius 1 is 0.865 bits per heavy atom. The molecule has 37 heavy (non-hydrogen) atoms. The second-order valence-corrected chi connectivity index (χ2v) is 10.3. The molecule has 0 bridgehead atoms. The van der Waals surface area contributed by atoms with E-state index in [1.54, 1.807) is 13.8 Å². The van der Waals surface area contributed by atoms with Gasteiger partial charge in [0.05, 0.1) is 19.3 Å². The monoisotopic (exact) mass is 527 g/mol. The van der Waals surface area contributed by atoms with Gasteiger partial charge in [0.2, 0.25) is 0 Å². The third-order valence-corrected chi connectivity index (χ3v) is 6.39. The summed E-state index contributed by atoms with van der Waals surface area (Å²) in [5.41, 5.74) is 5.16. The molecular formula is C29H57N3O5. The van der Waals surface area contributed by atoms with Crippen molar-refractivity contribution in [2.45, 2.75) is 136 Å². The van der Waals surface area contributed by atoms with E-state index < -0.39 is 18.1 Å². The van der Waals surface area contributed by atoms with Crippen LogP contribution in [0.3, 0.4) is 0 Å². The number of ether oxygens (including phenoxy) is 1. The summed E-state index contributed by atoms with van der Waals surface area (Å²) in [5.74, 6) is -1.20. The van der Waals surface area contributed by atoms with Crippen LogP contribution < -0.4 is 11.1 Å². The van der Waals surface area contributed by atoms with Crippen molar-refractivity contribution in [1.29, 1.82) is 5.26 Å². The van der Waals surface area contributed by atoms with Crippen LogP contribution in [0.25, 0.3) is 0 Å². The van der Waals surface area contributed by atoms with Crippen LogP contribution in [-0.2, 0) is 9.53 Å². The first-order valence-electron chi connectivity index (χ1n) is 14.7. The molecule has 0 aliphatic carbocycles. The first-order chi connectivity index (χ1) is 17.8. The lowest BCUT2D eigenvalue weighted by Gasteiger charge is -2.11.